The first-order chi connectivity index (χ1) is 15.4. The van der Waals surface area contributed by atoms with Crippen LogP contribution in [-0.4, -0.2) is 60.5 Å². The summed E-state index contributed by atoms with van der Waals surface area (Å²) < 4.78 is 14.3. The molecular weight excluding hydrogens is 425 g/mol. The van der Waals surface area contributed by atoms with Gasteiger partial charge in [-0.05, 0) is 47.9 Å². The van der Waals surface area contributed by atoms with E-state index in [4.69, 9.17) is 0 Å². The average molecular weight is 457 g/mol. The molecule has 2 saturated heterocycles. The standard InChI is InChI=1S/C25H30FN3O2S/c1-29(16-22(30)23-7-4-14-32-23)13-12-21(15-29)28-17-25(27-24(28)31,18-5-2-3-6-18)19-8-10-20(26)11-9-19/h4,7-11,14,18,21H,2-3,5-6,12-13,15-17H2,1H3/p+1/t21-,25?,29?/m1/s1. The van der Waals surface area contributed by atoms with Gasteiger partial charge in [-0.3, -0.25) is 4.79 Å². The van der Waals surface area contributed by atoms with Crippen molar-refractivity contribution in [2.45, 2.75) is 43.7 Å². The molecule has 3 aliphatic rings. The molecule has 1 aliphatic carbocycles. The Hall–Kier alpha value is -2.25. The number of Topliss-reactive ketones (excluding diaryl/α,β-unsaturated/α-hetero) is 1. The molecule has 5 rings (SSSR count). The number of likely N-dealkylation sites (tertiary alicyclic amines) is 1. The van der Waals surface area contributed by atoms with Crippen LogP contribution in [0.15, 0.2) is 41.8 Å². The molecule has 170 valence electrons. The van der Waals surface area contributed by atoms with Gasteiger partial charge in [0.2, 0.25) is 5.78 Å². The van der Waals surface area contributed by atoms with Gasteiger partial charge in [0.05, 0.1) is 43.1 Å². The smallest absolute Gasteiger partial charge is 0.318 e. The molecule has 2 aliphatic heterocycles. The minimum Gasteiger partial charge on any atom is -0.326 e. The highest BCUT2D eigenvalue weighted by Crippen LogP contribution is 2.44. The molecule has 32 heavy (non-hydrogen) atoms. The van der Waals surface area contributed by atoms with E-state index in [2.05, 4.69) is 12.4 Å². The number of urea groups is 1. The van der Waals surface area contributed by atoms with Crippen molar-refractivity contribution >= 4 is 23.2 Å². The van der Waals surface area contributed by atoms with Crippen molar-refractivity contribution in [1.29, 1.82) is 0 Å². The van der Waals surface area contributed by atoms with Crippen LogP contribution in [0.1, 0.15) is 47.3 Å². The summed E-state index contributed by atoms with van der Waals surface area (Å²) in [6.07, 6.45) is 5.41. The summed E-state index contributed by atoms with van der Waals surface area (Å²) in [6.45, 7) is 2.76. The lowest BCUT2D eigenvalue weighted by molar-refractivity contribution is -0.890. The number of nitrogens with one attached hydrogen (secondary N) is 1. The zero-order chi connectivity index (χ0) is 22.3. The summed E-state index contributed by atoms with van der Waals surface area (Å²) in [5.41, 5.74) is 0.546. The molecule has 5 nitrogen and oxygen atoms in total. The summed E-state index contributed by atoms with van der Waals surface area (Å²) in [4.78, 5) is 28.8. The lowest BCUT2D eigenvalue weighted by Gasteiger charge is -2.36. The first kappa shape index (κ1) is 21.6. The second-order valence-electron chi connectivity index (χ2n) is 10.0. The largest absolute Gasteiger partial charge is 0.326 e. The number of nitrogens with zero attached hydrogens (tertiary/aromatic N) is 2. The number of likely N-dealkylation sites (N-methyl/N-ethyl adjacent to an activating group) is 1. The first-order valence-corrected chi connectivity index (χ1v) is 12.5. The van der Waals surface area contributed by atoms with Crippen LogP contribution in [0.3, 0.4) is 0 Å². The maximum Gasteiger partial charge on any atom is 0.318 e. The third-order valence-corrected chi connectivity index (χ3v) is 8.75. The van der Waals surface area contributed by atoms with Crippen LogP contribution >= 0.6 is 11.3 Å². The lowest BCUT2D eigenvalue weighted by atomic mass is 9.77. The molecule has 1 saturated carbocycles. The average Bonchev–Trinajstić information content (AvgIpc) is 3.56. The molecule has 2 unspecified atom stereocenters. The topological polar surface area (TPSA) is 49.4 Å². The fraction of sp³-hybridized carbons (Fsp3) is 0.520. The Balaban J connectivity index is 1.35. The molecule has 7 heteroatoms. The van der Waals surface area contributed by atoms with Gasteiger partial charge in [0.1, 0.15) is 12.4 Å². The molecule has 1 N–H and O–H groups in total. The maximum atomic E-state index is 13.6. The van der Waals surface area contributed by atoms with Crippen LogP contribution in [0.4, 0.5) is 9.18 Å². The van der Waals surface area contributed by atoms with E-state index >= 15 is 0 Å². The highest BCUT2D eigenvalue weighted by molar-refractivity contribution is 7.12. The van der Waals surface area contributed by atoms with Crippen molar-refractivity contribution in [3.63, 3.8) is 0 Å². The lowest BCUT2D eigenvalue weighted by Crippen LogP contribution is -2.49. The van der Waals surface area contributed by atoms with Crippen LogP contribution < -0.4 is 5.32 Å². The number of halogens is 1. The number of benzene rings is 1. The molecule has 3 atom stereocenters. The molecule has 3 fully saturated rings. The van der Waals surface area contributed by atoms with Crippen molar-refractivity contribution in [1.82, 2.24) is 10.2 Å². The Labute approximate surface area is 192 Å². The molecule has 2 amide bonds. The van der Waals surface area contributed by atoms with E-state index in [0.717, 1.165) is 42.8 Å². The van der Waals surface area contributed by atoms with Gasteiger partial charge in [-0.15, -0.1) is 11.3 Å². The number of hydrogen-bond acceptors (Lipinski definition) is 3. The number of ketones is 1. The Morgan fingerprint density at radius 2 is 1.97 bits per heavy atom. The summed E-state index contributed by atoms with van der Waals surface area (Å²) in [5, 5.41) is 5.29. The quantitative estimate of drug-likeness (QED) is 0.517. The summed E-state index contributed by atoms with van der Waals surface area (Å²) in [6, 6.07) is 10.6. The third kappa shape index (κ3) is 3.86. The number of hydrogen-bond donors (Lipinski definition) is 1. The van der Waals surface area contributed by atoms with Crippen LogP contribution in [0.5, 0.6) is 0 Å². The summed E-state index contributed by atoms with van der Waals surface area (Å²) >= 11 is 1.49. The van der Waals surface area contributed by atoms with Crippen molar-refractivity contribution in [3.8, 4) is 0 Å². The number of thiophene rings is 1. The van der Waals surface area contributed by atoms with Crippen molar-refractivity contribution in [2.75, 3.05) is 33.2 Å². The molecule has 1 aromatic carbocycles. The van der Waals surface area contributed by atoms with E-state index in [9.17, 15) is 14.0 Å². The van der Waals surface area contributed by atoms with Gasteiger partial charge in [-0.1, -0.05) is 31.0 Å². The van der Waals surface area contributed by atoms with Gasteiger partial charge in [0, 0.05) is 6.42 Å². The van der Waals surface area contributed by atoms with Gasteiger partial charge < -0.3 is 14.7 Å². The van der Waals surface area contributed by atoms with E-state index in [-0.39, 0.29) is 23.7 Å². The minimum absolute atomic E-state index is 0.0238. The predicted octanol–water partition coefficient (Wildman–Crippen LogP) is 4.40. The van der Waals surface area contributed by atoms with E-state index in [1.807, 2.05) is 34.5 Å². The maximum absolute atomic E-state index is 13.6. The Kier molecular flexibility index (Phi) is 5.58. The van der Waals surface area contributed by atoms with Gasteiger partial charge in [-0.25, -0.2) is 9.18 Å². The summed E-state index contributed by atoms with van der Waals surface area (Å²) in [7, 11) is 2.13. The van der Waals surface area contributed by atoms with Crippen LogP contribution in [0.25, 0.3) is 0 Å². The number of carbonyl (C=O) groups is 2. The highest BCUT2D eigenvalue weighted by Gasteiger charge is 2.53. The van der Waals surface area contributed by atoms with Gasteiger partial charge in [0.15, 0.2) is 0 Å². The normalized spacial score (nSPS) is 30.8. The van der Waals surface area contributed by atoms with E-state index in [1.165, 1.54) is 36.3 Å². The molecule has 3 heterocycles. The van der Waals surface area contributed by atoms with Gasteiger partial charge >= 0.3 is 6.03 Å². The third-order valence-electron chi connectivity index (χ3n) is 7.84. The SMILES string of the molecule is C[N+]1(CC(=O)c2cccs2)CC[C@@H](N2CC(c3ccc(F)cc3)(C3CCCC3)NC2=O)C1. The monoisotopic (exact) mass is 456 g/mol. The van der Waals surface area contributed by atoms with Crippen molar-refractivity contribution in [2.24, 2.45) is 5.92 Å². The molecule has 0 radical (unpaired) electrons. The van der Waals surface area contributed by atoms with Crippen LogP contribution in [-0.2, 0) is 5.54 Å². The molecule has 0 bridgehead atoms. The van der Waals surface area contributed by atoms with E-state index in [1.54, 1.807) is 0 Å². The zero-order valence-electron chi connectivity index (χ0n) is 18.6. The van der Waals surface area contributed by atoms with E-state index in [0.29, 0.717) is 23.5 Å². The molecule has 1 aromatic heterocycles. The second-order valence-corrected chi connectivity index (χ2v) is 11.0. The minimum atomic E-state index is -0.458. The van der Waals surface area contributed by atoms with E-state index < -0.39 is 5.54 Å². The van der Waals surface area contributed by atoms with Crippen LogP contribution in [0.2, 0.25) is 0 Å². The number of quaternary nitrogens is 1. The Morgan fingerprint density at radius 3 is 2.66 bits per heavy atom. The Morgan fingerprint density at radius 1 is 1.22 bits per heavy atom. The molecule has 2 aromatic rings. The predicted molar refractivity (Wildman–Crippen MR) is 123 cm³/mol. The molecule has 0 spiro atoms. The van der Waals surface area contributed by atoms with Crippen LogP contribution in [0, 0.1) is 11.7 Å². The number of amides is 2. The fourth-order valence-electron chi connectivity index (χ4n) is 6.15. The fourth-order valence-corrected chi connectivity index (χ4v) is 6.80. The van der Waals surface area contributed by atoms with Crippen molar-refractivity contribution < 1.29 is 18.5 Å². The van der Waals surface area contributed by atoms with Crippen molar-refractivity contribution in [3.05, 3.63) is 58.0 Å². The summed E-state index contributed by atoms with van der Waals surface area (Å²) in [5.74, 6) is 0.293. The molecular formula is C25H31FN3O2S+. The first-order valence-electron chi connectivity index (χ1n) is 11.6. The number of carbonyl (C=O) groups excluding carboxylic acids is 2. The number of rotatable bonds is 6. The van der Waals surface area contributed by atoms with Gasteiger partial charge in [0.25, 0.3) is 0 Å². The highest BCUT2D eigenvalue weighted by atomic mass is 32.1. The van der Waals surface area contributed by atoms with Gasteiger partial charge in [-0.2, -0.15) is 0 Å². The Bertz CT molecular complexity index is 989. The zero-order valence-corrected chi connectivity index (χ0v) is 19.4. The second kappa shape index (κ2) is 8.27.